The molecule has 110 valence electrons. The SMILES string of the molecule is CC1CCCCC1NC(=O)COc1cccc(Cl)c1Cl. The van der Waals surface area contributed by atoms with Crippen LogP contribution in [0, 0.1) is 5.92 Å². The van der Waals surface area contributed by atoms with Crippen molar-refractivity contribution in [3.8, 4) is 5.75 Å². The number of hydrogen-bond donors (Lipinski definition) is 1. The molecule has 0 radical (unpaired) electrons. The van der Waals surface area contributed by atoms with Gasteiger partial charge in [0, 0.05) is 6.04 Å². The van der Waals surface area contributed by atoms with Crippen LogP contribution in [0.3, 0.4) is 0 Å². The number of nitrogens with one attached hydrogen (secondary N) is 1. The first-order chi connectivity index (χ1) is 9.58. The van der Waals surface area contributed by atoms with Crippen molar-refractivity contribution in [2.45, 2.75) is 38.6 Å². The lowest BCUT2D eigenvalue weighted by molar-refractivity contribution is -0.124. The van der Waals surface area contributed by atoms with Crippen molar-refractivity contribution in [3.63, 3.8) is 0 Å². The van der Waals surface area contributed by atoms with Crippen LogP contribution >= 0.6 is 23.2 Å². The van der Waals surface area contributed by atoms with Crippen molar-refractivity contribution in [2.24, 2.45) is 5.92 Å². The number of carbonyl (C=O) groups excluding carboxylic acids is 1. The van der Waals surface area contributed by atoms with Gasteiger partial charge in [-0.3, -0.25) is 4.79 Å². The van der Waals surface area contributed by atoms with E-state index >= 15 is 0 Å². The van der Waals surface area contributed by atoms with Gasteiger partial charge in [-0.2, -0.15) is 0 Å². The molecule has 1 N–H and O–H groups in total. The Labute approximate surface area is 129 Å². The number of amides is 1. The van der Waals surface area contributed by atoms with Crippen LogP contribution in [0.5, 0.6) is 5.75 Å². The van der Waals surface area contributed by atoms with Crippen molar-refractivity contribution in [3.05, 3.63) is 28.2 Å². The van der Waals surface area contributed by atoms with E-state index in [2.05, 4.69) is 12.2 Å². The maximum atomic E-state index is 11.9. The van der Waals surface area contributed by atoms with Crippen molar-refractivity contribution in [1.29, 1.82) is 0 Å². The van der Waals surface area contributed by atoms with Crippen molar-refractivity contribution in [1.82, 2.24) is 5.32 Å². The number of halogens is 2. The molecule has 20 heavy (non-hydrogen) atoms. The molecule has 1 aliphatic carbocycles. The Hall–Kier alpha value is -0.930. The van der Waals surface area contributed by atoms with E-state index < -0.39 is 0 Å². The largest absolute Gasteiger partial charge is 0.482 e. The molecular formula is C15H19Cl2NO2. The molecule has 0 heterocycles. The van der Waals surface area contributed by atoms with Crippen LogP contribution in [0.15, 0.2) is 18.2 Å². The Kier molecular flexibility index (Phi) is 5.55. The third-order valence-electron chi connectivity index (χ3n) is 3.73. The zero-order valence-electron chi connectivity index (χ0n) is 11.5. The predicted molar refractivity (Wildman–Crippen MR) is 81.5 cm³/mol. The Morgan fingerprint density at radius 1 is 1.35 bits per heavy atom. The minimum absolute atomic E-state index is 0.0384. The third kappa shape index (κ3) is 4.03. The maximum absolute atomic E-state index is 11.9. The summed E-state index contributed by atoms with van der Waals surface area (Å²) in [6, 6.07) is 5.38. The normalized spacial score (nSPS) is 22.4. The van der Waals surface area contributed by atoms with Crippen LogP contribution in [-0.4, -0.2) is 18.6 Å². The highest BCUT2D eigenvalue weighted by Gasteiger charge is 2.22. The van der Waals surface area contributed by atoms with E-state index in [1.807, 2.05) is 0 Å². The summed E-state index contributed by atoms with van der Waals surface area (Å²) in [4.78, 5) is 11.9. The van der Waals surface area contributed by atoms with E-state index in [4.69, 9.17) is 27.9 Å². The summed E-state index contributed by atoms with van der Waals surface area (Å²) >= 11 is 11.9. The van der Waals surface area contributed by atoms with E-state index in [1.54, 1.807) is 18.2 Å². The van der Waals surface area contributed by atoms with Gasteiger partial charge in [0.1, 0.15) is 10.8 Å². The highest BCUT2D eigenvalue weighted by molar-refractivity contribution is 6.42. The fourth-order valence-corrected chi connectivity index (χ4v) is 2.86. The van der Waals surface area contributed by atoms with Gasteiger partial charge >= 0.3 is 0 Å². The lowest BCUT2D eigenvalue weighted by Gasteiger charge is -2.29. The first-order valence-corrected chi connectivity index (χ1v) is 7.69. The molecule has 0 bridgehead atoms. The minimum atomic E-state index is -0.111. The van der Waals surface area contributed by atoms with Gasteiger partial charge in [-0.1, -0.05) is 49.0 Å². The predicted octanol–water partition coefficient (Wildman–Crippen LogP) is 4.07. The monoisotopic (exact) mass is 315 g/mol. The first-order valence-electron chi connectivity index (χ1n) is 6.94. The second kappa shape index (κ2) is 7.19. The molecular weight excluding hydrogens is 297 g/mol. The molecule has 1 aromatic carbocycles. The van der Waals surface area contributed by atoms with Gasteiger partial charge in [0.15, 0.2) is 6.61 Å². The molecule has 1 fully saturated rings. The van der Waals surface area contributed by atoms with Gasteiger partial charge in [0.2, 0.25) is 0 Å². The second-order valence-electron chi connectivity index (χ2n) is 5.28. The summed E-state index contributed by atoms with van der Waals surface area (Å²) in [5.41, 5.74) is 0. The van der Waals surface area contributed by atoms with Gasteiger partial charge in [0.25, 0.3) is 5.91 Å². The summed E-state index contributed by atoms with van der Waals surface area (Å²) in [5, 5.41) is 3.80. The van der Waals surface area contributed by atoms with E-state index in [0.29, 0.717) is 21.7 Å². The number of ether oxygens (including phenoxy) is 1. The summed E-state index contributed by atoms with van der Waals surface area (Å²) < 4.78 is 5.43. The molecule has 1 amide bonds. The van der Waals surface area contributed by atoms with Crippen LogP contribution in [0.2, 0.25) is 10.0 Å². The molecule has 1 aliphatic rings. The highest BCUT2D eigenvalue weighted by Crippen LogP contribution is 2.31. The number of benzene rings is 1. The first kappa shape index (κ1) is 15.5. The van der Waals surface area contributed by atoms with Crippen LogP contribution in [0.1, 0.15) is 32.6 Å². The average molecular weight is 316 g/mol. The van der Waals surface area contributed by atoms with Crippen LogP contribution < -0.4 is 10.1 Å². The second-order valence-corrected chi connectivity index (χ2v) is 6.06. The van der Waals surface area contributed by atoms with Crippen LogP contribution in [0.25, 0.3) is 0 Å². The molecule has 0 aliphatic heterocycles. The molecule has 1 saturated carbocycles. The summed E-state index contributed by atoms with van der Waals surface area (Å²) in [6.45, 7) is 2.14. The number of carbonyl (C=O) groups is 1. The van der Waals surface area contributed by atoms with E-state index in [0.717, 1.165) is 6.42 Å². The lowest BCUT2D eigenvalue weighted by Crippen LogP contribution is -2.43. The zero-order chi connectivity index (χ0) is 14.5. The molecule has 1 aromatic rings. The Morgan fingerprint density at radius 2 is 2.10 bits per heavy atom. The van der Waals surface area contributed by atoms with E-state index in [-0.39, 0.29) is 18.6 Å². The highest BCUT2D eigenvalue weighted by atomic mass is 35.5. The van der Waals surface area contributed by atoms with E-state index in [9.17, 15) is 4.79 Å². The minimum Gasteiger partial charge on any atom is -0.482 e. The molecule has 5 heteroatoms. The average Bonchev–Trinajstić information content (AvgIpc) is 2.43. The van der Waals surface area contributed by atoms with Crippen LogP contribution in [-0.2, 0) is 4.79 Å². The molecule has 0 spiro atoms. The molecule has 3 nitrogen and oxygen atoms in total. The lowest BCUT2D eigenvalue weighted by atomic mass is 9.86. The maximum Gasteiger partial charge on any atom is 0.258 e. The topological polar surface area (TPSA) is 38.3 Å². The molecule has 2 atom stereocenters. The Morgan fingerprint density at radius 3 is 2.85 bits per heavy atom. The summed E-state index contributed by atoms with van der Waals surface area (Å²) in [7, 11) is 0. The van der Waals surface area contributed by atoms with Crippen molar-refractivity contribution < 1.29 is 9.53 Å². The van der Waals surface area contributed by atoms with Gasteiger partial charge in [0.05, 0.1) is 5.02 Å². The smallest absolute Gasteiger partial charge is 0.258 e. The van der Waals surface area contributed by atoms with Crippen molar-refractivity contribution >= 4 is 29.1 Å². The molecule has 0 aromatic heterocycles. The van der Waals surface area contributed by atoms with Gasteiger partial charge in [-0.05, 0) is 30.9 Å². The van der Waals surface area contributed by atoms with Gasteiger partial charge < -0.3 is 10.1 Å². The fraction of sp³-hybridized carbons (Fsp3) is 0.533. The van der Waals surface area contributed by atoms with Gasteiger partial charge in [-0.25, -0.2) is 0 Å². The van der Waals surface area contributed by atoms with Crippen molar-refractivity contribution in [2.75, 3.05) is 6.61 Å². The third-order valence-corrected chi connectivity index (χ3v) is 4.53. The summed E-state index contributed by atoms with van der Waals surface area (Å²) in [6.07, 6.45) is 4.65. The quantitative estimate of drug-likeness (QED) is 0.909. The number of hydrogen-bond acceptors (Lipinski definition) is 2. The summed E-state index contributed by atoms with van der Waals surface area (Å²) in [5.74, 6) is 0.855. The number of rotatable bonds is 4. The molecule has 2 unspecified atom stereocenters. The standard InChI is InChI=1S/C15H19Cl2NO2/c1-10-5-2-3-7-12(10)18-14(19)9-20-13-8-4-6-11(16)15(13)17/h4,6,8,10,12H,2-3,5,7,9H2,1H3,(H,18,19). The van der Waals surface area contributed by atoms with E-state index in [1.165, 1.54) is 19.3 Å². The Balaban J connectivity index is 1.84. The zero-order valence-corrected chi connectivity index (χ0v) is 13.0. The Bertz CT molecular complexity index is 479. The fourth-order valence-electron chi connectivity index (χ4n) is 2.52. The molecule has 2 rings (SSSR count). The van der Waals surface area contributed by atoms with Gasteiger partial charge in [-0.15, -0.1) is 0 Å². The molecule has 0 saturated heterocycles. The van der Waals surface area contributed by atoms with Crippen LogP contribution in [0.4, 0.5) is 0 Å².